The number of para-hydroxylation sites is 2. The first-order chi connectivity index (χ1) is 12.7. The molecule has 3 aromatic rings. The van der Waals surface area contributed by atoms with E-state index in [2.05, 4.69) is 10.4 Å². The molecule has 0 saturated heterocycles. The van der Waals surface area contributed by atoms with Crippen LogP contribution in [0.15, 0.2) is 60.8 Å². The van der Waals surface area contributed by atoms with E-state index in [9.17, 15) is 4.79 Å². The number of carbonyl (C=O) groups is 1. The molecule has 132 valence electrons. The number of carbonyl (C=O) groups excluding carboxylic acids is 1. The van der Waals surface area contributed by atoms with E-state index >= 15 is 0 Å². The summed E-state index contributed by atoms with van der Waals surface area (Å²) in [5.74, 6) is 1.50. The van der Waals surface area contributed by atoms with Crippen molar-refractivity contribution in [2.45, 2.75) is 12.6 Å². The quantitative estimate of drug-likeness (QED) is 0.765. The van der Waals surface area contributed by atoms with Gasteiger partial charge in [-0.15, -0.1) is 0 Å². The third-order valence-electron chi connectivity index (χ3n) is 3.99. The van der Waals surface area contributed by atoms with Crippen molar-refractivity contribution in [2.75, 3.05) is 11.9 Å². The van der Waals surface area contributed by atoms with Crippen LogP contribution in [-0.4, -0.2) is 28.4 Å². The number of halogens is 1. The minimum absolute atomic E-state index is 0.158. The van der Waals surface area contributed by atoms with Crippen molar-refractivity contribution in [3.8, 4) is 11.5 Å². The predicted octanol–water partition coefficient (Wildman–Crippen LogP) is 3.36. The van der Waals surface area contributed by atoms with Crippen LogP contribution in [-0.2, 0) is 11.3 Å². The summed E-state index contributed by atoms with van der Waals surface area (Å²) in [6.45, 7) is 0.652. The zero-order valence-electron chi connectivity index (χ0n) is 13.8. The first-order valence-electron chi connectivity index (χ1n) is 8.14. The summed E-state index contributed by atoms with van der Waals surface area (Å²) in [6.07, 6.45) is 0.910. The lowest BCUT2D eigenvalue weighted by molar-refractivity contribution is -0.125. The second-order valence-electron chi connectivity index (χ2n) is 5.86. The monoisotopic (exact) mass is 369 g/mol. The van der Waals surface area contributed by atoms with Gasteiger partial charge in [-0.3, -0.25) is 4.79 Å². The van der Waals surface area contributed by atoms with E-state index in [1.54, 1.807) is 23.0 Å². The van der Waals surface area contributed by atoms with Gasteiger partial charge in [0.25, 0.3) is 5.91 Å². The normalized spacial score (nSPS) is 15.5. The van der Waals surface area contributed by atoms with Crippen LogP contribution < -0.4 is 14.8 Å². The number of anilines is 1. The number of rotatable bonds is 4. The SMILES string of the molecule is O=C(Nc1ccnn1Cc1cccc(Cl)c1)[C@H]1COc2ccccc2O1. The fourth-order valence-electron chi connectivity index (χ4n) is 2.73. The van der Waals surface area contributed by atoms with Crippen molar-refractivity contribution in [1.82, 2.24) is 9.78 Å². The van der Waals surface area contributed by atoms with Gasteiger partial charge in [0.15, 0.2) is 11.5 Å². The van der Waals surface area contributed by atoms with Crippen molar-refractivity contribution in [1.29, 1.82) is 0 Å². The molecule has 0 bridgehead atoms. The molecule has 1 atom stereocenters. The van der Waals surface area contributed by atoms with Crippen LogP contribution in [0.4, 0.5) is 5.82 Å². The highest BCUT2D eigenvalue weighted by Gasteiger charge is 2.27. The summed E-state index contributed by atoms with van der Waals surface area (Å²) in [6, 6.07) is 16.5. The maximum atomic E-state index is 12.6. The van der Waals surface area contributed by atoms with Crippen molar-refractivity contribution in [3.05, 3.63) is 71.4 Å². The average molecular weight is 370 g/mol. The fraction of sp³-hybridized carbons (Fsp3) is 0.158. The number of nitrogens with one attached hydrogen (secondary N) is 1. The van der Waals surface area contributed by atoms with Gasteiger partial charge >= 0.3 is 0 Å². The molecule has 6 nitrogen and oxygen atoms in total. The minimum atomic E-state index is -0.723. The van der Waals surface area contributed by atoms with Gasteiger partial charge in [-0.1, -0.05) is 35.9 Å². The highest BCUT2D eigenvalue weighted by atomic mass is 35.5. The highest BCUT2D eigenvalue weighted by molar-refractivity contribution is 6.30. The van der Waals surface area contributed by atoms with E-state index in [0.717, 1.165) is 5.56 Å². The van der Waals surface area contributed by atoms with Gasteiger partial charge in [-0.2, -0.15) is 5.10 Å². The number of fused-ring (bicyclic) bond motifs is 1. The van der Waals surface area contributed by atoms with Gasteiger partial charge in [0, 0.05) is 11.1 Å². The molecule has 4 rings (SSSR count). The predicted molar refractivity (Wildman–Crippen MR) is 97.8 cm³/mol. The summed E-state index contributed by atoms with van der Waals surface area (Å²) in [7, 11) is 0. The molecule has 0 radical (unpaired) electrons. The molecule has 2 heterocycles. The molecular weight excluding hydrogens is 354 g/mol. The van der Waals surface area contributed by atoms with Crippen LogP contribution in [0, 0.1) is 0 Å². The van der Waals surface area contributed by atoms with Gasteiger partial charge in [0.1, 0.15) is 12.4 Å². The van der Waals surface area contributed by atoms with Crippen molar-refractivity contribution in [2.24, 2.45) is 0 Å². The molecule has 0 aliphatic carbocycles. The molecule has 0 unspecified atom stereocenters. The Hall–Kier alpha value is -2.99. The lowest BCUT2D eigenvalue weighted by Crippen LogP contribution is -2.40. The van der Waals surface area contributed by atoms with Crippen LogP contribution in [0.25, 0.3) is 0 Å². The lowest BCUT2D eigenvalue weighted by atomic mass is 10.2. The maximum absolute atomic E-state index is 12.6. The Bertz CT molecular complexity index is 941. The molecule has 1 aliphatic rings. The largest absolute Gasteiger partial charge is 0.485 e. The third kappa shape index (κ3) is 3.50. The number of amides is 1. The molecule has 1 amide bonds. The highest BCUT2D eigenvalue weighted by Crippen LogP contribution is 2.31. The molecule has 2 aromatic carbocycles. The van der Waals surface area contributed by atoms with E-state index in [-0.39, 0.29) is 12.5 Å². The Kier molecular flexibility index (Phi) is 4.50. The number of hydrogen-bond acceptors (Lipinski definition) is 4. The summed E-state index contributed by atoms with van der Waals surface area (Å²) < 4.78 is 13.0. The number of nitrogens with zero attached hydrogens (tertiary/aromatic N) is 2. The second kappa shape index (κ2) is 7.09. The Morgan fingerprint density at radius 3 is 2.88 bits per heavy atom. The number of aromatic nitrogens is 2. The molecule has 1 aliphatic heterocycles. The second-order valence-corrected chi connectivity index (χ2v) is 6.29. The van der Waals surface area contributed by atoms with Crippen molar-refractivity contribution < 1.29 is 14.3 Å². The topological polar surface area (TPSA) is 65.4 Å². The Morgan fingerprint density at radius 2 is 2.04 bits per heavy atom. The first-order valence-corrected chi connectivity index (χ1v) is 8.52. The van der Waals surface area contributed by atoms with Gasteiger partial charge < -0.3 is 14.8 Å². The van der Waals surface area contributed by atoms with E-state index in [0.29, 0.717) is 28.9 Å². The zero-order chi connectivity index (χ0) is 17.9. The molecule has 0 fully saturated rings. The van der Waals surface area contributed by atoms with E-state index < -0.39 is 6.10 Å². The van der Waals surface area contributed by atoms with Crippen molar-refractivity contribution in [3.63, 3.8) is 0 Å². The zero-order valence-corrected chi connectivity index (χ0v) is 14.5. The first kappa shape index (κ1) is 16.5. The molecule has 7 heteroatoms. The van der Waals surface area contributed by atoms with Crippen molar-refractivity contribution >= 4 is 23.3 Å². The minimum Gasteiger partial charge on any atom is -0.485 e. The number of hydrogen-bond donors (Lipinski definition) is 1. The molecular formula is C19H16ClN3O3. The van der Waals surface area contributed by atoms with E-state index in [1.165, 1.54) is 0 Å². The van der Waals surface area contributed by atoms with Crippen LogP contribution in [0.2, 0.25) is 5.02 Å². The van der Waals surface area contributed by atoms with E-state index in [4.69, 9.17) is 21.1 Å². The van der Waals surface area contributed by atoms with E-state index in [1.807, 2.05) is 42.5 Å². The van der Waals surface area contributed by atoms with Gasteiger partial charge in [0.2, 0.25) is 6.10 Å². The smallest absolute Gasteiger partial charge is 0.270 e. The van der Waals surface area contributed by atoms with Crippen LogP contribution in [0.3, 0.4) is 0 Å². The summed E-state index contributed by atoms with van der Waals surface area (Å²) >= 11 is 6.02. The third-order valence-corrected chi connectivity index (χ3v) is 4.23. The van der Waals surface area contributed by atoms with Gasteiger partial charge in [-0.05, 0) is 29.8 Å². The Balaban J connectivity index is 1.45. The summed E-state index contributed by atoms with van der Waals surface area (Å²) in [4.78, 5) is 12.6. The molecule has 0 saturated carbocycles. The summed E-state index contributed by atoms with van der Waals surface area (Å²) in [5, 5.41) is 7.77. The lowest BCUT2D eigenvalue weighted by Gasteiger charge is -2.25. The van der Waals surface area contributed by atoms with Gasteiger partial charge in [-0.25, -0.2) is 4.68 Å². The molecule has 26 heavy (non-hydrogen) atoms. The van der Waals surface area contributed by atoms with Crippen LogP contribution >= 0.6 is 11.6 Å². The number of benzene rings is 2. The molecule has 1 N–H and O–H groups in total. The summed E-state index contributed by atoms with van der Waals surface area (Å²) in [5.41, 5.74) is 0.989. The molecule has 1 aromatic heterocycles. The average Bonchev–Trinajstić information content (AvgIpc) is 3.08. The Labute approximate surface area is 155 Å². The molecule has 0 spiro atoms. The standard InChI is InChI=1S/C19H16ClN3O3/c20-14-5-3-4-13(10-14)11-23-18(8-9-21-23)22-19(24)17-12-25-15-6-1-2-7-16(15)26-17/h1-10,17H,11-12H2,(H,22,24)/t17-/m1/s1. The Morgan fingerprint density at radius 1 is 1.19 bits per heavy atom. The van der Waals surface area contributed by atoms with Crippen LogP contribution in [0.5, 0.6) is 11.5 Å². The number of ether oxygens (including phenoxy) is 2. The van der Waals surface area contributed by atoms with Gasteiger partial charge in [0.05, 0.1) is 12.7 Å². The maximum Gasteiger partial charge on any atom is 0.270 e. The van der Waals surface area contributed by atoms with Crippen LogP contribution in [0.1, 0.15) is 5.56 Å². The fourth-order valence-corrected chi connectivity index (χ4v) is 2.94.